The highest BCUT2D eigenvalue weighted by Crippen LogP contribution is 2.33. The van der Waals surface area contributed by atoms with Crippen LogP contribution in [-0.2, 0) is 24.3 Å². The first-order valence-corrected chi connectivity index (χ1v) is 11.3. The predicted molar refractivity (Wildman–Crippen MR) is 116 cm³/mol. The molecule has 0 bridgehead atoms. The number of ether oxygens (including phenoxy) is 2. The van der Waals surface area contributed by atoms with Crippen LogP contribution in [0.25, 0.3) is 0 Å². The van der Waals surface area contributed by atoms with E-state index in [1.807, 2.05) is 13.0 Å². The lowest BCUT2D eigenvalue weighted by atomic mass is 10.2. The number of esters is 1. The number of fused-ring (bicyclic) bond motifs is 1. The molecule has 0 fully saturated rings. The summed E-state index contributed by atoms with van der Waals surface area (Å²) in [6.45, 7) is 4.91. The van der Waals surface area contributed by atoms with Crippen LogP contribution >= 0.6 is 0 Å². The van der Waals surface area contributed by atoms with Crippen LogP contribution in [0.3, 0.4) is 0 Å². The zero-order chi connectivity index (χ0) is 22.8. The lowest BCUT2D eigenvalue weighted by molar-refractivity contribution is -0.148. The Morgan fingerprint density at radius 3 is 2.58 bits per heavy atom. The van der Waals surface area contributed by atoms with Crippen molar-refractivity contribution in [3.63, 3.8) is 0 Å². The number of methoxy groups -OCH3 is 1. The Hall–Kier alpha value is -2.91. The highest BCUT2D eigenvalue weighted by molar-refractivity contribution is 7.89. The largest absolute Gasteiger partial charge is 0.475 e. The fraction of sp³-hybridized carbons (Fsp3) is 0.364. The number of aryl methyl sites for hydroxylation is 2. The number of hydrogen-bond acceptors (Lipinski definition) is 6. The topological polar surface area (TPSA) is 93.2 Å². The van der Waals surface area contributed by atoms with Gasteiger partial charge in [-0.05, 0) is 43.2 Å². The third-order valence-corrected chi connectivity index (χ3v) is 7.23. The monoisotopic (exact) mass is 446 g/mol. The Bertz CT molecular complexity index is 1100. The fourth-order valence-electron chi connectivity index (χ4n) is 3.45. The number of hydrogen-bond donors (Lipinski definition) is 0. The Labute approximate surface area is 182 Å². The summed E-state index contributed by atoms with van der Waals surface area (Å²) in [5.41, 5.74) is 1.90. The summed E-state index contributed by atoms with van der Waals surface area (Å²) in [5.74, 6) is -0.707. The number of sulfonamides is 1. The number of likely N-dealkylation sites (N-methyl/N-ethyl adjacent to an activating group) is 1. The molecule has 0 saturated carbocycles. The Morgan fingerprint density at radius 1 is 1.19 bits per heavy atom. The zero-order valence-electron chi connectivity index (χ0n) is 18.0. The predicted octanol–water partition coefficient (Wildman–Crippen LogP) is 2.28. The van der Waals surface area contributed by atoms with Crippen molar-refractivity contribution in [2.75, 3.05) is 31.6 Å². The summed E-state index contributed by atoms with van der Waals surface area (Å²) in [6.07, 6.45) is -0.991. The maximum Gasteiger partial charge on any atom is 0.348 e. The number of carbonyl (C=O) groups excluding carboxylic acids is 2. The van der Waals surface area contributed by atoms with E-state index < -0.39 is 28.0 Å². The van der Waals surface area contributed by atoms with E-state index in [-0.39, 0.29) is 24.5 Å². The van der Waals surface area contributed by atoms with Gasteiger partial charge in [-0.15, -0.1) is 0 Å². The van der Waals surface area contributed by atoms with Crippen molar-refractivity contribution in [1.29, 1.82) is 0 Å². The van der Waals surface area contributed by atoms with Gasteiger partial charge < -0.3 is 14.4 Å². The Kier molecular flexibility index (Phi) is 6.66. The zero-order valence-corrected chi connectivity index (χ0v) is 18.8. The highest BCUT2D eigenvalue weighted by Gasteiger charge is 2.36. The minimum absolute atomic E-state index is 0.0659. The maximum absolute atomic E-state index is 13.3. The molecule has 2 aromatic rings. The minimum atomic E-state index is -3.89. The van der Waals surface area contributed by atoms with Gasteiger partial charge in [0.2, 0.25) is 22.0 Å². The van der Waals surface area contributed by atoms with Crippen LogP contribution in [0, 0.1) is 13.8 Å². The molecule has 31 heavy (non-hydrogen) atoms. The molecule has 0 spiro atoms. The Balaban J connectivity index is 1.91. The van der Waals surface area contributed by atoms with E-state index in [4.69, 9.17) is 9.47 Å². The molecule has 8 nitrogen and oxygen atoms in total. The van der Waals surface area contributed by atoms with E-state index in [9.17, 15) is 18.0 Å². The molecule has 3 rings (SSSR count). The van der Waals surface area contributed by atoms with Crippen molar-refractivity contribution in [3.05, 3.63) is 53.6 Å². The van der Waals surface area contributed by atoms with E-state index in [0.717, 1.165) is 9.87 Å². The van der Waals surface area contributed by atoms with E-state index >= 15 is 0 Å². The van der Waals surface area contributed by atoms with Crippen LogP contribution < -0.4 is 9.64 Å². The Morgan fingerprint density at radius 2 is 1.90 bits per heavy atom. The lowest BCUT2D eigenvalue weighted by Gasteiger charge is -2.34. The number of anilines is 1. The summed E-state index contributed by atoms with van der Waals surface area (Å²) in [4.78, 5) is 26.8. The van der Waals surface area contributed by atoms with Crippen molar-refractivity contribution >= 4 is 27.6 Å². The summed E-state index contributed by atoms with van der Waals surface area (Å²) in [6, 6.07) is 12.0. The van der Waals surface area contributed by atoms with Gasteiger partial charge in [-0.1, -0.05) is 31.2 Å². The third kappa shape index (κ3) is 4.57. The highest BCUT2D eigenvalue weighted by atomic mass is 32.2. The van der Waals surface area contributed by atoms with Crippen LogP contribution in [0.2, 0.25) is 0 Å². The second-order valence-corrected chi connectivity index (χ2v) is 9.21. The minimum Gasteiger partial charge on any atom is -0.475 e. The molecule has 1 aliphatic heterocycles. The van der Waals surface area contributed by atoms with Gasteiger partial charge >= 0.3 is 5.97 Å². The maximum atomic E-state index is 13.3. The van der Waals surface area contributed by atoms with Crippen LogP contribution in [-0.4, -0.2) is 57.4 Å². The summed E-state index contributed by atoms with van der Waals surface area (Å²) < 4.78 is 38.1. The quantitative estimate of drug-likeness (QED) is 0.632. The first-order valence-electron chi connectivity index (χ1n) is 9.90. The standard InChI is InChI=1S/C22H26N2O6S/c1-5-23(31(27,28)20-12-15(2)10-11-16(20)3)14-21(25)24-13-19(22(26)29-4)30-18-9-7-6-8-17(18)24/h6-12,19H,5,13-14H2,1-4H3/t19-/m1/s1. The molecule has 166 valence electrons. The van der Waals surface area contributed by atoms with Crippen LogP contribution in [0.5, 0.6) is 5.75 Å². The molecule has 2 aromatic carbocycles. The molecular weight excluding hydrogens is 420 g/mol. The van der Waals surface area contributed by atoms with Gasteiger partial charge in [0.05, 0.1) is 30.8 Å². The number of benzene rings is 2. The smallest absolute Gasteiger partial charge is 0.348 e. The van der Waals surface area contributed by atoms with Gasteiger partial charge in [0, 0.05) is 6.54 Å². The van der Waals surface area contributed by atoms with Crippen molar-refractivity contribution in [2.45, 2.75) is 31.8 Å². The molecule has 0 aliphatic carbocycles. The third-order valence-electron chi connectivity index (χ3n) is 5.16. The summed E-state index contributed by atoms with van der Waals surface area (Å²) in [5, 5.41) is 0. The molecule has 1 amide bonds. The molecule has 1 atom stereocenters. The van der Waals surface area contributed by atoms with Crippen molar-refractivity contribution in [2.24, 2.45) is 0 Å². The molecule has 0 N–H and O–H groups in total. The summed E-state index contributed by atoms with van der Waals surface area (Å²) in [7, 11) is -2.64. The van der Waals surface area contributed by atoms with Crippen molar-refractivity contribution in [3.8, 4) is 5.75 Å². The second-order valence-electron chi connectivity index (χ2n) is 7.30. The number of nitrogens with zero attached hydrogens (tertiary/aromatic N) is 2. The first kappa shape index (κ1) is 22.8. The van der Waals surface area contributed by atoms with E-state index in [1.165, 1.54) is 12.0 Å². The first-order chi connectivity index (χ1) is 14.7. The van der Waals surface area contributed by atoms with Crippen LogP contribution in [0.4, 0.5) is 5.69 Å². The van der Waals surface area contributed by atoms with E-state index in [0.29, 0.717) is 17.0 Å². The average molecular weight is 447 g/mol. The SMILES string of the molecule is CCN(CC(=O)N1C[C@H](C(=O)OC)Oc2ccccc21)S(=O)(=O)c1cc(C)ccc1C. The number of carbonyl (C=O) groups is 2. The normalized spacial score (nSPS) is 15.9. The fourth-order valence-corrected chi connectivity index (χ4v) is 5.16. The summed E-state index contributed by atoms with van der Waals surface area (Å²) >= 11 is 0. The second kappa shape index (κ2) is 9.07. The van der Waals surface area contributed by atoms with Crippen molar-refractivity contribution < 1.29 is 27.5 Å². The molecule has 1 aliphatic rings. The van der Waals surface area contributed by atoms with Gasteiger partial charge in [-0.2, -0.15) is 4.31 Å². The number of amides is 1. The van der Waals surface area contributed by atoms with Gasteiger partial charge in [-0.25, -0.2) is 13.2 Å². The number of rotatable bonds is 6. The van der Waals surface area contributed by atoms with Crippen LogP contribution in [0.1, 0.15) is 18.1 Å². The molecule has 1 heterocycles. The lowest BCUT2D eigenvalue weighted by Crippen LogP contribution is -2.51. The molecular formula is C22H26N2O6S. The molecule has 9 heteroatoms. The van der Waals surface area contributed by atoms with Crippen molar-refractivity contribution in [1.82, 2.24) is 4.31 Å². The van der Waals surface area contributed by atoms with Crippen LogP contribution in [0.15, 0.2) is 47.4 Å². The number of para-hydroxylation sites is 2. The van der Waals surface area contributed by atoms with Gasteiger partial charge in [0.1, 0.15) is 5.75 Å². The van der Waals surface area contributed by atoms with E-state index in [1.54, 1.807) is 50.2 Å². The molecule has 0 radical (unpaired) electrons. The van der Waals surface area contributed by atoms with Gasteiger partial charge in [-0.3, -0.25) is 4.79 Å². The van der Waals surface area contributed by atoms with Gasteiger partial charge in [0.25, 0.3) is 0 Å². The van der Waals surface area contributed by atoms with Gasteiger partial charge in [0.15, 0.2) is 0 Å². The molecule has 0 unspecified atom stereocenters. The molecule has 0 aromatic heterocycles. The average Bonchev–Trinajstić information content (AvgIpc) is 2.77. The molecule has 0 saturated heterocycles. The van der Waals surface area contributed by atoms with E-state index in [2.05, 4.69) is 0 Å².